The zero-order valence-corrected chi connectivity index (χ0v) is 16.0. The highest BCUT2D eigenvalue weighted by Crippen LogP contribution is 2.47. The van der Waals surface area contributed by atoms with Crippen molar-refractivity contribution in [1.82, 2.24) is 10.4 Å². The average Bonchev–Trinajstić information content (AvgIpc) is 2.96. The third-order valence-electron chi connectivity index (χ3n) is 5.38. The molecule has 2 aliphatic heterocycles. The molecule has 2 N–H and O–H groups in total. The fraction of sp³-hybridized carbons (Fsp3) is 0.286. The second-order valence-corrected chi connectivity index (χ2v) is 7.61. The summed E-state index contributed by atoms with van der Waals surface area (Å²) >= 11 is 0. The van der Waals surface area contributed by atoms with E-state index in [9.17, 15) is 23.2 Å². The predicted octanol–water partition coefficient (Wildman–Crippen LogP) is 4.49. The molecule has 0 aromatic heterocycles. The van der Waals surface area contributed by atoms with Crippen LogP contribution >= 0.6 is 0 Å². The summed E-state index contributed by atoms with van der Waals surface area (Å²) in [4.78, 5) is 14.5. The van der Waals surface area contributed by atoms with Gasteiger partial charge >= 0.3 is 6.18 Å². The van der Waals surface area contributed by atoms with Crippen molar-refractivity contribution in [2.45, 2.75) is 39.1 Å². The van der Waals surface area contributed by atoms with Gasteiger partial charge in [0.05, 0.1) is 17.8 Å². The molecule has 0 bridgehead atoms. The predicted molar refractivity (Wildman–Crippen MR) is 99.0 cm³/mol. The van der Waals surface area contributed by atoms with Crippen LogP contribution in [0.2, 0.25) is 0 Å². The van der Waals surface area contributed by atoms with Gasteiger partial charge in [-0.3, -0.25) is 15.5 Å². The van der Waals surface area contributed by atoms with E-state index < -0.39 is 17.3 Å². The van der Waals surface area contributed by atoms with E-state index in [4.69, 9.17) is 4.74 Å². The number of hydroxylamine groups is 1. The molecule has 0 spiro atoms. The van der Waals surface area contributed by atoms with E-state index >= 15 is 0 Å². The molecule has 0 aliphatic carbocycles. The molecule has 2 aromatic carbocycles. The van der Waals surface area contributed by atoms with Crippen molar-refractivity contribution in [3.8, 4) is 5.75 Å². The normalized spacial score (nSPS) is 17.8. The molecule has 0 atom stereocenters. The molecule has 0 saturated carbocycles. The molecule has 152 valence electrons. The van der Waals surface area contributed by atoms with Crippen LogP contribution in [0.1, 0.15) is 46.5 Å². The number of rotatable bonds is 2. The quantitative estimate of drug-likeness (QED) is 0.725. The van der Waals surface area contributed by atoms with Gasteiger partial charge in [0, 0.05) is 11.1 Å². The molecule has 2 heterocycles. The first-order chi connectivity index (χ1) is 13.6. The molecular weight excluding hydrogens is 385 g/mol. The average molecular weight is 404 g/mol. The lowest BCUT2D eigenvalue weighted by Crippen LogP contribution is -2.43. The van der Waals surface area contributed by atoms with Crippen molar-refractivity contribution in [3.05, 3.63) is 69.9 Å². The SMILES string of the molecule is Cc1c(C(F)(F)F)ccc2c1C(N1Cc3ccccc3C1=O)=C(NO)C(C)(C)O2. The van der Waals surface area contributed by atoms with Gasteiger partial charge in [0.2, 0.25) is 0 Å². The Kier molecular flexibility index (Phi) is 4.16. The smallest absolute Gasteiger partial charge is 0.416 e. The standard InChI is InChI=1S/C21H19F3N2O3/c1-11-14(21(22,23)24)8-9-15-16(11)17(18(25-28)20(2,3)29-15)26-10-12-6-4-5-7-13(12)19(26)27/h4-9,25,28H,10H2,1-3H3. The first-order valence-electron chi connectivity index (χ1n) is 9.01. The number of ether oxygens (including phenoxy) is 1. The summed E-state index contributed by atoms with van der Waals surface area (Å²) in [5.41, 5.74) is 1.76. The van der Waals surface area contributed by atoms with Crippen LogP contribution < -0.4 is 10.2 Å². The van der Waals surface area contributed by atoms with Crippen LogP contribution in [0.5, 0.6) is 5.75 Å². The van der Waals surface area contributed by atoms with Gasteiger partial charge in [-0.05, 0) is 50.1 Å². The van der Waals surface area contributed by atoms with E-state index in [1.165, 1.54) is 17.9 Å². The number of fused-ring (bicyclic) bond motifs is 2. The summed E-state index contributed by atoms with van der Waals surface area (Å²) in [6.45, 7) is 4.84. The summed E-state index contributed by atoms with van der Waals surface area (Å²) in [6.07, 6.45) is -4.57. The Labute approximate surface area is 165 Å². The molecule has 2 aromatic rings. The monoisotopic (exact) mass is 404 g/mol. The molecule has 4 rings (SSSR count). The van der Waals surface area contributed by atoms with E-state index in [1.54, 1.807) is 38.1 Å². The number of alkyl halides is 3. The van der Waals surface area contributed by atoms with E-state index in [2.05, 4.69) is 5.48 Å². The lowest BCUT2D eigenvalue weighted by molar-refractivity contribution is -0.138. The van der Waals surface area contributed by atoms with Crippen molar-refractivity contribution in [2.75, 3.05) is 0 Å². The molecule has 0 fully saturated rings. The molecule has 8 heteroatoms. The van der Waals surface area contributed by atoms with Crippen molar-refractivity contribution < 1.29 is 27.9 Å². The van der Waals surface area contributed by atoms with Gasteiger partial charge in [-0.25, -0.2) is 0 Å². The van der Waals surface area contributed by atoms with Crippen LogP contribution in [0, 0.1) is 6.92 Å². The number of benzene rings is 2. The minimum atomic E-state index is -4.57. The molecule has 0 radical (unpaired) electrons. The van der Waals surface area contributed by atoms with Gasteiger partial charge in [0.1, 0.15) is 17.0 Å². The second-order valence-electron chi connectivity index (χ2n) is 7.61. The highest BCUT2D eigenvalue weighted by molar-refractivity contribution is 6.04. The highest BCUT2D eigenvalue weighted by atomic mass is 19.4. The third kappa shape index (κ3) is 2.86. The molecule has 0 saturated heterocycles. The Hall–Kier alpha value is -3.00. The van der Waals surface area contributed by atoms with Gasteiger partial charge < -0.3 is 9.64 Å². The van der Waals surface area contributed by atoms with E-state index in [-0.39, 0.29) is 40.7 Å². The Morgan fingerprint density at radius 3 is 2.48 bits per heavy atom. The molecule has 29 heavy (non-hydrogen) atoms. The maximum absolute atomic E-state index is 13.5. The minimum absolute atomic E-state index is 0.0722. The van der Waals surface area contributed by atoms with Crippen molar-refractivity contribution in [3.63, 3.8) is 0 Å². The minimum Gasteiger partial charge on any atom is -0.481 e. The Morgan fingerprint density at radius 1 is 1.17 bits per heavy atom. The lowest BCUT2D eigenvalue weighted by Gasteiger charge is -2.39. The van der Waals surface area contributed by atoms with Crippen molar-refractivity contribution >= 4 is 11.6 Å². The second kappa shape index (κ2) is 6.25. The maximum atomic E-state index is 13.5. The lowest BCUT2D eigenvalue weighted by atomic mass is 9.89. The Morgan fingerprint density at radius 2 is 1.86 bits per heavy atom. The van der Waals surface area contributed by atoms with Gasteiger partial charge in [-0.2, -0.15) is 13.2 Å². The molecule has 0 unspecified atom stereocenters. The summed E-state index contributed by atoms with van der Waals surface area (Å²) in [5, 5.41) is 9.86. The Bertz CT molecular complexity index is 1060. The first-order valence-corrected chi connectivity index (χ1v) is 9.01. The third-order valence-corrected chi connectivity index (χ3v) is 5.38. The zero-order chi connectivity index (χ0) is 21.1. The zero-order valence-electron chi connectivity index (χ0n) is 16.0. The number of hydrogen-bond acceptors (Lipinski definition) is 4. The summed E-state index contributed by atoms with van der Waals surface area (Å²) in [6, 6.07) is 9.23. The van der Waals surface area contributed by atoms with Crippen molar-refractivity contribution in [1.29, 1.82) is 0 Å². The number of carbonyl (C=O) groups is 1. The van der Waals surface area contributed by atoms with Crippen LogP contribution in [0.4, 0.5) is 13.2 Å². The van der Waals surface area contributed by atoms with E-state index in [1.807, 2.05) is 0 Å². The van der Waals surface area contributed by atoms with Crippen LogP contribution in [-0.4, -0.2) is 21.6 Å². The molecule has 2 aliphatic rings. The number of nitrogens with zero attached hydrogens (tertiary/aromatic N) is 1. The van der Waals surface area contributed by atoms with Crippen LogP contribution in [-0.2, 0) is 12.7 Å². The fourth-order valence-electron chi connectivity index (χ4n) is 4.00. The summed E-state index contributed by atoms with van der Waals surface area (Å²) in [5.74, 6) is -0.123. The van der Waals surface area contributed by atoms with E-state index in [0.717, 1.165) is 11.6 Å². The molecule has 5 nitrogen and oxygen atoms in total. The number of halogens is 3. The number of nitrogens with one attached hydrogen (secondary N) is 1. The van der Waals surface area contributed by atoms with Crippen LogP contribution in [0.25, 0.3) is 5.70 Å². The van der Waals surface area contributed by atoms with Crippen LogP contribution in [0.3, 0.4) is 0 Å². The van der Waals surface area contributed by atoms with Gasteiger partial charge in [-0.1, -0.05) is 18.2 Å². The topological polar surface area (TPSA) is 61.8 Å². The molecule has 1 amide bonds. The molecular formula is C21H19F3N2O3. The first kappa shape index (κ1) is 19.3. The van der Waals surface area contributed by atoms with Crippen LogP contribution in [0.15, 0.2) is 42.1 Å². The van der Waals surface area contributed by atoms with Crippen molar-refractivity contribution in [2.24, 2.45) is 0 Å². The number of carbonyl (C=O) groups excluding carboxylic acids is 1. The summed E-state index contributed by atoms with van der Waals surface area (Å²) < 4.78 is 46.5. The maximum Gasteiger partial charge on any atom is 0.416 e. The van der Waals surface area contributed by atoms with E-state index in [0.29, 0.717) is 5.56 Å². The largest absolute Gasteiger partial charge is 0.481 e. The summed E-state index contributed by atoms with van der Waals surface area (Å²) in [7, 11) is 0. The van der Waals surface area contributed by atoms with Gasteiger partial charge in [-0.15, -0.1) is 0 Å². The fourth-order valence-corrected chi connectivity index (χ4v) is 4.00. The highest BCUT2D eigenvalue weighted by Gasteiger charge is 2.44. The number of amides is 1. The Balaban J connectivity index is 1.99. The van der Waals surface area contributed by atoms with Gasteiger partial charge in [0.15, 0.2) is 0 Å². The number of hydrogen-bond donors (Lipinski definition) is 2. The van der Waals surface area contributed by atoms with Gasteiger partial charge in [0.25, 0.3) is 5.91 Å².